The van der Waals surface area contributed by atoms with Crippen molar-refractivity contribution in [3.05, 3.63) is 54.5 Å². The highest BCUT2D eigenvalue weighted by Gasteiger charge is 2.12. The number of aryl methyl sites for hydroxylation is 3. The summed E-state index contributed by atoms with van der Waals surface area (Å²) in [6.45, 7) is 3.91. The lowest BCUT2D eigenvalue weighted by molar-refractivity contribution is -0.116. The Labute approximate surface area is 156 Å². The number of anilines is 1. The molecule has 2 heterocycles. The van der Waals surface area contributed by atoms with Crippen molar-refractivity contribution in [1.29, 1.82) is 0 Å². The molecule has 3 rings (SSSR count). The standard InChI is InChI=1S/C17H16IN3O2S/c1-9-10(2)24-17-15(9)16(23)20-13(21-17)7-8-14(22)19-12-5-3-11(18)4-6-12/h3-6H,7-8H2,1-2H3,(H,19,22)(H,20,21,23). The van der Waals surface area contributed by atoms with Crippen LogP contribution in [-0.2, 0) is 11.2 Å². The van der Waals surface area contributed by atoms with Gasteiger partial charge in [0.2, 0.25) is 5.91 Å². The minimum Gasteiger partial charge on any atom is -0.326 e. The van der Waals surface area contributed by atoms with Crippen molar-refractivity contribution in [2.75, 3.05) is 5.32 Å². The van der Waals surface area contributed by atoms with Crippen LogP contribution in [0.4, 0.5) is 5.69 Å². The van der Waals surface area contributed by atoms with E-state index in [2.05, 4.69) is 37.9 Å². The van der Waals surface area contributed by atoms with E-state index >= 15 is 0 Å². The average molecular weight is 453 g/mol. The summed E-state index contributed by atoms with van der Waals surface area (Å²) in [5.74, 6) is 0.448. The van der Waals surface area contributed by atoms with E-state index in [1.54, 1.807) is 0 Å². The van der Waals surface area contributed by atoms with Gasteiger partial charge < -0.3 is 10.3 Å². The fourth-order valence-corrected chi connectivity index (χ4v) is 3.81. The molecule has 3 aromatic rings. The number of aromatic amines is 1. The van der Waals surface area contributed by atoms with Crippen molar-refractivity contribution in [2.45, 2.75) is 26.7 Å². The van der Waals surface area contributed by atoms with E-state index in [1.807, 2.05) is 38.1 Å². The monoisotopic (exact) mass is 453 g/mol. The van der Waals surface area contributed by atoms with Crippen LogP contribution in [0.5, 0.6) is 0 Å². The Morgan fingerprint density at radius 1 is 1.29 bits per heavy atom. The number of H-pyrrole nitrogens is 1. The summed E-state index contributed by atoms with van der Waals surface area (Å²) < 4.78 is 1.11. The van der Waals surface area contributed by atoms with Crippen LogP contribution in [0.2, 0.25) is 0 Å². The van der Waals surface area contributed by atoms with Crippen molar-refractivity contribution in [2.24, 2.45) is 0 Å². The third-order valence-corrected chi connectivity index (χ3v) is 5.63. The number of halogens is 1. The van der Waals surface area contributed by atoms with Crippen molar-refractivity contribution in [3.8, 4) is 0 Å². The Hall–Kier alpha value is -1.74. The van der Waals surface area contributed by atoms with Crippen LogP contribution >= 0.6 is 33.9 Å². The van der Waals surface area contributed by atoms with Gasteiger partial charge in [0.05, 0.1) is 5.39 Å². The van der Waals surface area contributed by atoms with Gasteiger partial charge >= 0.3 is 0 Å². The van der Waals surface area contributed by atoms with Crippen LogP contribution in [0.15, 0.2) is 29.1 Å². The van der Waals surface area contributed by atoms with E-state index in [9.17, 15) is 9.59 Å². The third-order valence-electron chi connectivity index (χ3n) is 3.80. The zero-order valence-electron chi connectivity index (χ0n) is 13.3. The molecule has 2 aromatic heterocycles. The number of rotatable bonds is 4. The molecule has 0 saturated carbocycles. The van der Waals surface area contributed by atoms with E-state index in [0.29, 0.717) is 17.6 Å². The SMILES string of the molecule is Cc1sc2nc(CCC(=O)Nc3ccc(I)cc3)[nH]c(=O)c2c1C. The second-order valence-electron chi connectivity index (χ2n) is 5.53. The lowest BCUT2D eigenvalue weighted by atomic mass is 10.2. The Bertz CT molecular complexity index is 960. The van der Waals surface area contributed by atoms with Gasteiger partial charge in [-0.1, -0.05) is 0 Å². The molecule has 5 nitrogen and oxygen atoms in total. The zero-order chi connectivity index (χ0) is 17.3. The van der Waals surface area contributed by atoms with Gasteiger partial charge in [-0.2, -0.15) is 0 Å². The first-order valence-electron chi connectivity index (χ1n) is 7.48. The first kappa shape index (κ1) is 17.1. The molecule has 0 spiro atoms. The molecule has 7 heteroatoms. The number of amides is 1. The molecule has 0 aliphatic carbocycles. The summed E-state index contributed by atoms with van der Waals surface area (Å²) in [7, 11) is 0. The van der Waals surface area contributed by atoms with Gasteiger partial charge in [0.1, 0.15) is 10.7 Å². The maximum Gasteiger partial charge on any atom is 0.259 e. The number of aromatic nitrogens is 2. The summed E-state index contributed by atoms with van der Waals surface area (Å²) in [6.07, 6.45) is 0.668. The van der Waals surface area contributed by atoms with E-state index < -0.39 is 0 Å². The van der Waals surface area contributed by atoms with Crippen LogP contribution < -0.4 is 10.9 Å². The molecule has 1 amide bonds. The molecule has 0 saturated heterocycles. The predicted molar refractivity (Wildman–Crippen MR) is 106 cm³/mol. The van der Waals surface area contributed by atoms with Gasteiger partial charge in [-0.05, 0) is 66.3 Å². The number of fused-ring (bicyclic) bond motifs is 1. The van der Waals surface area contributed by atoms with Gasteiger partial charge in [-0.25, -0.2) is 4.98 Å². The molecular formula is C17H16IN3O2S. The summed E-state index contributed by atoms with van der Waals surface area (Å²) in [6, 6.07) is 7.60. The molecule has 24 heavy (non-hydrogen) atoms. The second-order valence-corrected chi connectivity index (χ2v) is 7.98. The summed E-state index contributed by atoms with van der Waals surface area (Å²) in [4.78, 5) is 33.4. The highest BCUT2D eigenvalue weighted by molar-refractivity contribution is 14.1. The van der Waals surface area contributed by atoms with Crippen LogP contribution in [-0.4, -0.2) is 15.9 Å². The maximum absolute atomic E-state index is 12.2. The maximum atomic E-state index is 12.2. The Morgan fingerprint density at radius 2 is 2.00 bits per heavy atom. The first-order valence-corrected chi connectivity index (χ1v) is 9.38. The Balaban J connectivity index is 1.70. The van der Waals surface area contributed by atoms with Crippen molar-refractivity contribution < 1.29 is 4.79 Å². The molecule has 0 fully saturated rings. The quantitative estimate of drug-likeness (QED) is 0.591. The van der Waals surface area contributed by atoms with E-state index in [0.717, 1.165) is 24.5 Å². The average Bonchev–Trinajstić information content (AvgIpc) is 2.82. The van der Waals surface area contributed by atoms with Gasteiger partial charge in [0.15, 0.2) is 0 Å². The summed E-state index contributed by atoms with van der Waals surface area (Å²) in [5, 5.41) is 3.50. The molecule has 0 unspecified atom stereocenters. The first-order chi connectivity index (χ1) is 11.4. The van der Waals surface area contributed by atoms with E-state index in [-0.39, 0.29) is 17.9 Å². The highest BCUT2D eigenvalue weighted by Crippen LogP contribution is 2.25. The Morgan fingerprint density at radius 3 is 2.71 bits per heavy atom. The predicted octanol–water partition coefficient (Wildman–Crippen LogP) is 3.78. The molecule has 0 aliphatic rings. The molecule has 0 atom stereocenters. The number of nitrogens with zero attached hydrogens (tertiary/aromatic N) is 1. The topological polar surface area (TPSA) is 74.8 Å². The lowest BCUT2D eigenvalue weighted by Crippen LogP contribution is -2.16. The molecule has 0 radical (unpaired) electrons. The highest BCUT2D eigenvalue weighted by atomic mass is 127. The van der Waals surface area contributed by atoms with Crippen LogP contribution in [0, 0.1) is 17.4 Å². The normalized spacial score (nSPS) is 11.0. The number of carbonyl (C=O) groups excluding carboxylic acids is 1. The third kappa shape index (κ3) is 3.67. The van der Waals surface area contributed by atoms with Crippen molar-refractivity contribution in [1.82, 2.24) is 9.97 Å². The zero-order valence-corrected chi connectivity index (χ0v) is 16.2. The number of benzene rings is 1. The van der Waals surface area contributed by atoms with Crippen LogP contribution in [0.25, 0.3) is 10.2 Å². The molecule has 1 aromatic carbocycles. The molecule has 124 valence electrons. The fraction of sp³-hybridized carbons (Fsp3) is 0.235. The van der Waals surface area contributed by atoms with Crippen molar-refractivity contribution >= 4 is 55.7 Å². The second kappa shape index (κ2) is 7.02. The molecule has 0 bridgehead atoms. The fourth-order valence-electron chi connectivity index (χ4n) is 2.41. The smallest absolute Gasteiger partial charge is 0.259 e. The lowest BCUT2D eigenvalue weighted by Gasteiger charge is -2.05. The van der Waals surface area contributed by atoms with Crippen LogP contribution in [0.3, 0.4) is 0 Å². The minimum absolute atomic E-state index is 0.0995. The number of carbonyl (C=O) groups is 1. The largest absolute Gasteiger partial charge is 0.326 e. The van der Waals surface area contributed by atoms with Gasteiger partial charge in [-0.3, -0.25) is 9.59 Å². The number of thiophene rings is 1. The van der Waals surface area contributed by atoms with E-state index in [1.165, 1.54) is 11.3 Å². The molecule has 2 N–H and O–H groups in total. The van der Waals surface area contributed by atoms with Crippen LogP contribution in [0.1, 0.15) is 22.7 Å². The number of hydrogen-bond donors (Lipinski definition) is 2. The molecular weight excluding hydrogens is 437 g/mol. The summed E-state index contributed by atoms with van der Waals surface area (Å²) in [5.41, 5.74) is 1.61. The van der Waals surface area contributed by atoms with Gasteiger partial charge in [0.25, 0.3) is 5.56 Å². The van der Waals surface area contributed by atoms with Crippen molar-refractivity contribution in [3.63, 3.8) is 0 Å². The van der Waals surface area contributed by atoms with E-state index in [4.69, 9.17) is 0 Å². The van der Waals surface area contributed by atoms with Gasteiger partial charge in [0, 0.05) is 27.0 Å². The van der Waals surface area contributed by atoms with Gasteiger partial charge in [-0.15, -0.1) is 11.3 Å². The number of hydrogen-bond acceptors (Lipinski definition) is 4. The number of nitrogens with one attached hydrogen (secondary N) is 2. The minimum atomic E-state index is -0.130. The summed E-state index contributed by atoms with van der Waals surface area (Å²) >= 11 is 3.73. The Kier molecular flexibility index (Phi) is 5.00. The molecule has 0 aliphatic heterocycles.